The van der Waals surface area contributed by atoms with Gasteiger partial charge in [-0.25, -0.2) is 20.0 Å². The van der Waals surface area contributed by atoms with E-state index in [9.17, 15) is 27.5 Å². The molecule has 0 bridgehead atoms. The third-order valence-corrected chi connectivity index (χ3v) is 8.47. The number of hydrogen-bond donors (Lipinski definition) is 1. The lowest BCUT2D eigenvalue weighted by atomic mass is 9.91. The Kier molecular flexibility index (Phi) is 8.27. The van der Waals surface area contributed by atoms with Crippen LogP contribution >= 0.6 is 27.7 Å². The Hall–Kier alpha value is -2.83. The number of rotatable bonds is 7. The fourth-order valence-electron chi connectivity index (χ4n) is 5.25. The maximum atomic E-state index is 14.3. The SMILES string of the molecule is CC12CCCN1N(Cc1ccccc1)C(=O)C(C(P)=Nc1ccc(C(F)(F)P)cc1-c1cc(C(F)(F)P)ncn1)=C2O. The van der Waals surface area contributed by atoms with Crippen molar-refractivity contribution in [1.29, 1.82) is 0 Å². The van der Waals surface area contributed by atoms with Crippen molar-refractivity contribution >= 4 is 44.8 Å². The smallest absolute Gasteiger partial charge is 0.300 e. The lowest BCUT2D eigenvalue weighted by molar-refractivity contribution is -0.158. The van der Waals surface area contributed by atoms with Crippen molar-refractivity contribution in [3.8, 4) is 11.3 Å². The summed E-state index contributed by atoms with van der Waals surface area (Å²) in [5.74, 6) is -0.629. The van der Waals surface area contributed by atoms with Crippen LogP contribution in [0.3, 0.4) is 0 Å². The van der Waals surface area contributed by atoms with Crippen molar-refractivity contribution in [2.24, 2.45) is 4.99 Å². The lowest BCUT2D eigenvalue weighted by Gasteiger charge is -2.46. The number of amides is 1. The number of carbonyl (C=O) groups is 1. The first kappa shape index (κ1) is 30.6. The number of aliphatic imine (C=N–C) groups is 1. The van der Waals surface area contributed by atoms with Crippen molar-refractivity contribution in [1.82, 2.24) is 20.0 Å². The molecule has 0 radical (unpaired) electrons. The number of aliphatic hydroxyl groups excluding tert-OH is 1. The number of fused-ring (bicyclic) bond motifs is 1. The molecule has 3 heterocycles. The molecule has 0 spiro atoms. The number of aromatic nitrogens is 2. The summed E-state index contributed by atoms with van der Waals surface area (Å²) in [7, 11) is 5.17. The van der Waals surface area contributed by atoms with E-state index in [2.05, 4.69) is 24.2 Å². The van der Waals surface area contributed by atoms with E-state index in [1.54, 1.807) is 5.01 Å². The summed E-state index contributed by atoms with van der Waals surface area (Å²) in [5.41, 5.74) is -7.67. The summed E-state index contributed by atoms with van der Waals surface area (Å²) < 4.78 is 56.6. The van der Waals surface area contributed by atoms with Crippen LogP contribution in [-0.4, -0.2) is 48.5 Å². The van der Waals surface area contributed by atoms with E-state index in [0.717, 1.165) is 36.5 Å². The predicted molar refractivity (Wildman–Crippen MR) is 162 cm³/mol. The molecule has 2 aliphatic rings. The highest BCUT2D eigenvalue weighted by atomic mass is 31.0. The third-order valence-electron chi connectivity index (χ3n) is 7.43. The summed E-state index contributed by atoms with van der Waals surface area (Å²) in [6.45, 7) is 2.69. The van der Waals surface area contributed by atoms with Gasteiger partial charge < -0.3 is 5.11 Å². The summed E-state index contributed by atoms with van der Waals surface area (Å²) in [5, 5.41) is 14.9. The Morgan fingerprint density at radius 1 is 1.07 bits per heavy atom. The molecule has 4 unspecified atom stereocenters. The Balaban J connectivity index is 1.63. The van der Waals surface area contributed by atoms with Crippen LogP contribution in [0.5, 0.6) is 0 Å². The van der Waals surface area contributed by atoms with Crippen molar-refractivity contribution in [3.05, 3.63) is 89.1 Å². The summed E-state index contributed by atoms with van der Waals surface area (Å²) >= 11 is 0. The van der Waals surface area contributed by atoms with Crippen LogP contribution in [0.15, 0.2) is 77.2 Å². The number of alkyl halides is 4. The molecule has 14 heteroatoms. The Labute approximate surface area is 247 Å². The fourth-order valence-corrected chi connectivity index (χ4v) is 5.99. The maximum absolute atomic E-state index is 14.3. The molecule has 5 rings (SSSR count). The summed E-state index contributed by atoms with van der Waals surface area (Å²) in [4.78, 5) is 26.1. The normalized spacial score (nSPS) is 20.3. The molecule has 2 aliphatic heterocycles. The largest absolute Gasteiger partial charge is 0.509 e. The van der Waals surface area contributed by atoms with Gasteiger partial charge in [0, 0.05) is 17.7 Å². The zero-order valence-electron chi connectivity index (χ0n) is 22.4. The van der Waals surface area contributed by atoms with Crippen LogP contribution in [0.4, 0.5) is 23.2 Å². The second-order valence-electron chi connectivity index (χ2n) is 10.3. The van der Waals surface area contributed by atoms with Crippen LogP contribution in [0, 0.1) is 0 Å². The third kappa shape index (κ3) is 5.85. The first-order valence-corrected chi connectivity index (χ1v) is 14.7. The van der Waals surface area contributed by atoms with Crippen molar-refractivity contribution < 1.29 is 27.5 Å². The lowest BCUT2D eigenvalue weighted by Crippen LogP contribution is -2.59. The summed E-state index contributed by atoms with van der Waals surface area (Å²) in [6, 6.07) is 14.0. The topological polar surface area (TPSA) is 81.9 Å². The minimum atomic E-state index is -3.38. The zero-order valence-corrected chi connectivity index (χ0v) is 25.9. The van der Waals surface area contributed by atoms with Crippen LogP contribution in [0.25, 0.3) is 11.3 Å². The summed E-state index contributed by atoms with van der Waals surface area (Å²) in [6.07, 6.45) is 2.26. The zero-order chi connectivity index (χ0) is 30.4. The van der Waals surface area contributed by atoms with E-state index in [1.165, 1.54) is 24.5 Å². The maximum Gasteiger partial charge on any atom is 0.300 e. The van der Waals surface area contributed by atoms with E-state index < -0.39 is 34.0 Å². The molecule has 4 atom stereocenters. The van der Waals surface area contributed by atoms with E-state index >= 15 is 0 Å². The highest BCUT2D eigenvalue weighted by molar-refractivity contribution is 7.42. The minimum absolute atomic E-state index is 0.0191. The molecule has 0 aliphatic carbocycles. The molecule has 7 nitrogen and oxygen atoms in total. The number of hydrogen-bond acceptors (Lipinski definition) is 6. The van der Waals surface area contributed by atoms with Crippen LogP contribution in [0.2, 0.25) is 0 Å². The van der Waals surface area contributed by atoms with E-state index in [1.807, 2.05) is 42.3 Å². The number of benzene rings is 2. The molecule has 220 valence electrons. The van der Waals surface area contributed by atoms with Gasteiger partial charge >= 0.3 is 0 Å². The molecule has 1 N–H and O–H groups in total. The molecule has 0 saturated carbocycles. The molecule has 1 fully saturated rings. The molecule has 3 aromatic rings. The van der Waals surface area contributed by atoms with Crippen LogP contribution < -0.4 is 0 Å². The first-order chi connectivity index (χ1) is 19.7. The molecular formula is C28H28F4N5O2P3. The molecule has 1 aromatic heterocycles. The standard InChI is InChI=1S/C28H28F4N5O2P3/c1-26-10-5-11-37(26)36(14-16-6-3-2-4-7-16)25(39)22(23(26)38)24(40)35-19-9-8-17(27(29,30)41)12-18(19)20-13-21(28(31,32)42)34-15-33-20/h2-4,6-9,12-13,15,38H,5,10-11,14,40-42H2,1H3. The number of hydrazine groups is 1. The number of aliphatic hydroxyl groups is 1. The molecule has 42 heavy (non-hydrogen) atoms. The van der Waals surface area contributed by atoms with Gasteiger partial charge in [0.15, 0.2) is 0 Å². The highest BCUT2D eigenvalue weighted by Gasteiger charge is 2.51. The second kappa shape index (κ2) is 11.3. The van der Waals surface area contributed by atoms with Gasteiger partial charge in [-0.1, -0.05) is 64.1 Å². The molecular weight excluding hydrogens is 607 g/mol. The van der Waals surface area contributed by atoms with E-state index in [0.29, 0.717) is 13.0 Å². The van der Waals surface area contributed by atoms with E-state index in [-0.39, 0.29) is 40.3 Å². The number of halogens is 4. The monoisotopic (exact) mass is 635 g/mol. The van der Waals surface area contributed by atoms with Gasteiger partial charge in [0.05, 0.1) is 28.9 Å². The second-order valence-corrected chi connectivity index (χ2v) is 12.3. The molecule has 1 saturated heterocycles. The predicted octanol–water partition coefficient (Wildman–Crippen LogP) is 6.52. The minimum Gasteiger partial charge on any atom is -0.509 e. The highest BCUT2D eigenvalue weighted by Crippen LogP contribution is 2.44. The number of nitrogens with zero attached hydrogens (tertiary/aromatic N) is 5. The van der Waals surface area contributed by atoms with Crippen LogP contribution in [0.1, 0.15) is 36.6 Å². The van der Waals surface area contributed by atoms with E-state index in [4.69, 9.17) is 0 Å². The van der Waals surface area contributed by atoms with Gasteiger partial charge in [-0.2, -0.15) is 17.6 Å². The van der Waals surface area contributed by atoms with Crippen molar-refractivity contribution in [2.75, 3.05) is 6.54 Å². The van der Waals surface area contributed by atoms with Crippen molar-refractivity contribution in [2.45, 2.75) is 43.2 Å². The van der Waals surface area contributed by atoms with Gasteiger partial charge in [0.25, 0.3) is 17.2 Å². The average molecular weight is 635 g/mol. The molecule has 2 aromatic carbocycles. The quantitative estimate of drug-likeness (QED) is 0.182. The molecule has 1 amide bonds. The van der Waals surface area contributed by atoms with Crippen LogP contribution in [-0.2, 0) is 22.7 Å². The first-order valence-electron chi connectivity index (χ1n) is 12.9. The fraction of sp³-hybridized carbons (Fsp3) is 0.286. The Bertz CT molecular complexity index is 1590. The van der Waals surface area contributed by atoms with Gasteiger partial charge in [-0.05, 0) is 43.5 Å². The Morgan fingerprint density at radius 2 is 1.79 bits per heavy atom. The van der Waals surface area contributed by atoms with Gasteiger partial charge in [0.2, 0.25) is 0 Å². The number of carbonyl (C=O) groups excluding carboxylic acids is 1. The average Bonchev–Trinajstić information content (AvgIpc) is 3.34. The van der Waals surface area contributed by atoms with Gasteiger partial charge in [0.1, 0.15) is 23.4 Å². The van der Waals surface area contributed by atoms with Gasteiger partial charge in [-0.15, -0.1) is 0 Å². The van der Waals surface area contributed by atoms with Gasteiger partial charge in [-0.3, -0.25) is 9.80 Å². The Morgan fingerprint density at radius 3 is 2.45 bits per heavy atom. The van der Waals surface area contributed by atoms with Crippen molar-refractivity contribution in [3.63, 3.8) is 0 Å².